The zero-order valence-corrected chi connectivity index (χ0v) is 12.4. The molecule has 0 aromatic carbocycles. The van der Waals surface area contributed by atoms with E-state index in [2.05, 4.69) is 24.1 Å². The Hall–Kier alpha value is -0.770. The first-order valence-electron chi connectivity index (χ1n) is 7.27. The van der Waals surface area contributed by atoms with Crippen molar-refractivity contribution in [2.45, 2.75) is 46.1 Å². The second kappa shape index (κ2) is 7.62. The second-order valence-corrected chi connectivity index (χ2v) is 5.70. The molecule has 1 N–H and O–H groups in total. The number of likely N-dealkylation sites (tertiary alicyclic amines) is 1. The number of rotatable bonds is 5. The van der Waals surface area contributed by atoms with Crippen LogP contribution in [-0.2, 0) is 0 Å². The number of urea groups is 1. The molecule has 0 bridgehead atoms. The van der Waals surface area contributed by atoms with Crippen LogP contribution in [-0.4, -0.2) is 55.1 Å². The molecule has 0 aromatic rings. The van der Waals surface area contributed by atoms with Crippen LogP contribution in [0, 0.1) is 5.92 Å². The summed E-state index contributed by atoms with van der Waals surface area (Å²) >= 11 is 0. The third-order valence-electron chi connectivity index (χ3n) is 3.78. The number of nitrogens with zero attached hydrogens (tertiary/aromatic N) is 2. The van der Waals surface area contributed by atoms with E-state index >= 15 is 0 Å². The predicted octanol–water partition coefficient (Wildman–Crippen LogP) is 2.16. The van der Waals surface area contributed by atoms with Crippen molar-refractivity contribution in [1.82, 2.24) is 15.1 Å². The van der Waals surface area contributed by atoms with E-state index in [-0.39, 0.29) is 6.03 Å². The van der Waals surface area contributed by atoms with Crippen molar-refractivity contribution in [3.63, 3.8) is 0 Å². The third-order valence-corrected chi connectivity index (χ3v) is 3.78. The summed E-state index contributed by atoms with van der Waals surface area (Å²) in [5.41, 5.74) is 0. The first kappa shape index (κ1) is 15.3. The van der Waals surface area contributed by atoms with E-state index in [4.69, 9.17) is 0 Å². The Morgan fingerprint density at radius 3 is 2.50 bits per heavy atom. The monoisotopic (exact) mass is 255 g/mol. The van der Waals surface area contributed by atoms with Crippen LogP contribution >= 0.6 is 0 Å². The van der Waals surface area contributed by atoms with Crippen molar-refractivity contribution in [2.75, 3.05) is 33.2 Å². The lowest BCUT2D eigenvalue weighted by atomic mass is 10.0. The summed E-state index contributed by atoms with van der Waals surface area (Å²) in [7, 11) is 1.92. The Bertz CT molecular complexity index is 247. The minimum atomic E-state index is 0.0677. The normalized spacial score (nSPS) is 18.1. The van der Waals surface area contributed by atoms with Gasteiger partial charge in [0.1, 0.15) is 0 Å². The molecule has 0 spiro atoms. The van der Waals surface area contributed by atoms with E-state index in [0.717, 1.165) is 31.8 Å². The number of piperidine rings is 1. The predicted molar refractivity (Wildman–Crippen MR) is 75.8 cm³/mol. The number of hydrogen-bond donors (Lipinski definition) is 1. The summed E-state index contributed by atoms with van der Waals surface area (Å²) in [5.74, 6) is 0.778. The van der Waals surface area contributed by atoms with Crippen molar-refractivity contribution in [2.24, 2.45) is 5.92 Å². The smallest absolute Gasteiger partial charge is 0.317 e. The lowest BCUT2D eigenvalue weighted by Gasteiger charge is -2.36. The molecule has 1 aliphatic rings. The zero-order valence-electron chi connectivity index (χ0n) is 12.4. The highest BCUT2D eigenvalue weighted by Crippen LogP contribution is 2.16. The highest BCUT2D eigenvalue weighted by Gasteiger charge is 2.24. The standard InChI is InChI=1S/C14H29N3O/c1-5-15-14(18)16(4)13-7-10-17(11-8-13)9-6-12(2)3/h12-13H,5-11H2,1-4H3,(H,15,18). The molecule has 106 valence electrons. The van der Waals surface area contributed by atoms with Gasteiger partial charge in [0.25, 0.3) is 0 Å². The molecule has 0 aromatic heterocycles. The number of amides is 2. The zero-order chi connectivity index (χ0) is 13.5. The highest BCUT2D eigenvalue weighted by atomic mass is 16.2. The van der Waals surface area contributed by atoms with E-state index in [9.17, 15) is 4.79 Å². The molecule has 0 aliphatic carbocycles. The molecular weight excluding hydrogens is 226 g/mol. The van der Waals surface area contributed by atoms with E-state index in [1.54, 1.807) is 0 Å². The fourth-order valence-corrected chi connectivity index (χ4v) is 2.41. The molecule has 0 saturated carbocycles. The van der Waals surface area contributed by atoms with Gasteiger partial charge < -0.3 is 15.1 Å². The van der Waals surface area contributed by atoms with Crippen molar-refractivity contribution in [3.05, 3.63) is 0 Å². The SMILES string of the molecule is CCNC(=O)N(C)C1CCN(CCC(C)C)CC1. The van der Waals surface area contributed by atoms with E-state index in [1.807, 2.05) is 18.9 Å². The number of nitrogens with one attached hydrogen (secondary N) is 1. The molecular formula is C14H29N3O. The van der Waals surface area contributed by atoms with E-state index < -0.39 is 0 Å². The highest BCUT2D eigenvalue weighted by molar-refractivity contribution is 5.74. The summed E-state index contributed by atoms with van der Waals surface area (Å²) < 4.78 is 0. The van der Waals surface area contributed by atoms with Crippen molar-refractivity contribution in [3.8, 4) is 0 Å². The van der Waals surface area contributed by atoms with Gasteiger partial charge in [0.2, 0.25) is 0 Å². The molecule has 0 atom stereocenters. The van der Waals surface area contributed by atoms with Gasteiger partial charge in [-0.05, 0) is 38.6 Å². The van der Waals surface area contributed by atoms with Crippen LogP contribution in [0.4, 0.5) is 4.79 Å². The quantitative estimate of drug-likeness (QED) is 0.817. The summed E-state index contributed by atoms with van der Waals surface area (Å²) in [6.07, 6.45) is 3.48. The summed E-state index contributed by atoms with van der Waals surface area (Å²) in [6.45, 7) is 10.7. The van der Waals surface area contributed by atoms with E-state index in [0.29, 0.717) is 12.6 Å². The summed E-state index contributed by atoms with van der Waals surface area (Å²) in [5, 5.41) is 2.87. The van der Waals surface area contributed by atoms with Crippen LogP contribution in [0.2, 0.25) is 0 Å². The Kier molecular flexibility index (Phi) is 6.47. The molecule has 18 heavy (non-hydrogen) atoms. The van der Waals surface area contributed by atoms with Crippen LogP contribution in [0.3, 0.4) is 0 Å². The molecule has 1 saturated heterocycles. The number of carbonyl (C=O) groups is 1. The maximum Gasteiger partial charge on any atom is 0.317 e. The average Bonchev–Trinajstić information content (AvgIpc) is 2.36. The van der Waals surface area contributed by atoms with Crippen molar-refractivity contribution < 1.29 is 4.79 Å². The van der Waals surface area contributed by atoms with Gasteiger partial charge in [-0.2, -0.15) is 0 Å². The number of carbonyl (C=O) groups excluding carboxylic acids is 1. The van der Waals surface area contributed by atoms with Gasteiger partial charge in [0.05, 0.1) is 0 Å². The molecule has 1 heterocycles. The molecule has 1 aliphatic heterocycles. The maximum atomic E-state index is 11.7. The lowest BCUT2D eigenvalue weighted by molar-refractivity contribution is 0.132. The van der Waals surface area contributed by atoms with Gasteiger partial charge in [-0.1, -0.05) is 13.8 Å². The van der Waals surface area contributed by atoms with Crippen molar-refractivity contribution >= 4 is 6.03 Å². The van der Waals surface area contributed by atoms with Crippen LogP contribution in [0.25, 0.3) is 0 Å². The van der Waals surface area contributed by atoms with E-state index in [1.165, 1.54) is 13.0 Å². The van der Waals surface area contributed by atoms with Gasteiger partial charge in [0, 0.05) is 32.7 Å². The average molecular weight is 255 g/mol. The van der Waals surface area contributed by atoms with Gasteiger partial charge in [0.15, 0.2) is 0 Å². The molecule has 1 fully saturated rings. The van der Waals surface area contributed by atoms with Crippen LogP contribution in [0.15, 0.2) is 0 Å². The lowest BCUT2D eigenvalue weighted by Crippen LogP contribution is -2.48. The largest absolute Gasteiger partial charge is 0.338 e. The molecule has 1 rings (SSSR count). The maximum absolute atomic E-state index is 11.7. The molecule has 0 unspecified atom stereocenters. The second-order valence-electron chi connectivity index (χ2n) is 5.70. The first-order valence-corrected chi connectivity index (χ1v) is 7.27. The molecule has 0 radical (unpaired) electrons. The van der Waals surface area contributed by atoms with Gasteiger partial charge >= 0.3 is 6.03 Å². The van der Waals surface area contributed by atoms with Crippen LogP contribution in [0.5, 0.6) is 0 Å². The van der Waals surface area contributed by atoms with Crippen molar-refractivity contribution in [1.29, 1.82) is 0 Å². The van der Waals surface area contributed by atoms with Crippen LogP contribution in [0.1, 0.15) is 40.0 Å². The Labute approximate surface area is 112 Å². The minimum absolute atomic E-state index is 0.0677. The Morgan fingerprint density at radius 1 is 1.39 bits per heavy atom. The van der Waals surface area contributed by atoms with Gasteiger partial charge in [-0.3, -0.25) is 0 Å². The Morgan fingerprint density at radius 2 is 2.00 bits per heavy atom. The fraction of sp³-hybridized carbons (Fsp3) is 0.929. The Balaban J connectivity index is 2.28. The fourth-order valence-electron chi connectivity index (χ4n) is 2.41. The minimum Gasteiger partial charge on any atom is -0.338 e. The van der Waals surface area contributed by atoms with Crippen LogP contribution < -0.4 is 5.32 Å². The molecule has 4 nitrogen and oxygen atoms in total. The third kappa shape index (κ3) is 4.84. The van der Waals surface area contributed by atoms with Gasteiger partial charge in [-0.15, -0.1) is 0 Å². The summed E-state index contributed by atoms with van der Waals surface area (Å²) in [6, 6.07) is 0.477. The topological polar surface area (TPSA) is 35.6 Å². The number of hydrogen-bond acceptors (Lipinski definition) is 2. The summed E-state index contributed by atoms with van der Waals surface area (Å²) in [4.78, 5) is 16.1. The molecule has 2 amide bonds. The first-order chi connectivity index (χ1) is 8.54. The van der Waals surface area contributed by atoms with Gasteiger partial charge in [-0.25, -0.2) is 4.79 Å². The molecule has 4 heteroatoms.